The molecular weight excluding hydrogens is 480 g/mol. The minimum atomic E-state index is -6.12. The summed E-state index contributed by atoms with van der Waals surface area (Å²) in [5.74, 6) is 1.22. The van der Waals surface area contributed by atoms with Crippen LogP contribution in [0.15, 0.2) is 72.8 Å². The van der Waals surface area contributed by atoms with Crippen LogP contribution >= 0.6 is 0 Å². The van der Waals surface area contributed by atoms with Gasteiger partial charge >= 0.3 is 218 Å². The molecule has 0 aliphatic carbocycles. The molecule has 0 radical (unpaired) electrons. The SMILES string of the molecule is Cc1cccc(C)c1[O][Ti](=[O])([O]c1c(C)cccc1C)([c]1c(C)cccc1C)[c]1c(C)cccc1C. The van der Waals surface area contributed by atoms with Gasteiger partial charge in [-0.1, -0.05) is 0 Å². The van der Waals surface area contributed by atoms with Crippen LogP contribution in [0.2, 0.25) is 0 Å². The topological polar surface area (TPSA) is 35.5 Å². The molecule has 0 bridgehead atoms. The summed E-state index contributed by atoms with van der Waals surface area (Å²) in [6.45, 7) is 16.0. The molecule has 4 rings (SSSR count). The van der Waals surface area contributed by atoms with Crippen molar-refractivity contribution in [2.75, 3.05) is 0 Å². The summed E-state index contributed by atoms with van der Waals surface area (Å²) < 4.78 is 32.1. The maximum atomic E-state index is 16.7. The van der Waals surface area contributed by atoms with Gasteiger partial charge in [-0.2, -0.15) is 0 Å². The van der Waals surface area contributed by atoms with Gasteiger partial charge in [0.15, 0.2) is 0 Å². The van der Waals surface area contributed by atoms with Gasteiger partial charge in [0.1, 0.15) is 0 Å². The minimum absolute atomic E-state index is 0.612. The molecule has 0 N–H and O–H groups in total. The molecule has 4 aromatic rings. The molecule has 4 heteroatoms. The first-order valence-electron chi connectivity index (χ1n) is 12.5. The van der Waals surface area contributed by atoms with E-state index in [0.29, 0.717) is 19.2 Å². The molecular formula is C32H36O3Ti. The van der Waals surface area contributed by atoms with Gasteiger partial charge in [0.2, 0.25) is 0 Å². The van der Waals surface area contributed by atoms with Crippen LogP contribution in [-0.2, 0) is 19.4 Å². The molecule has 3 nitrogen and oxygen atoms in total. The second-order valence-electron chi connectivity index (χ2n) is 10.2. The maximum absolute atomic E-state index is 16.7. The molecule has 0 atom stereocenters. The standard InChI is InChI=1S/2C8H10O.2C8H9.O.Ti/c2*1-6-4-3-5-7(2)8(6)9;2*1-7-4-3-5-8(2)6-7;;/h2*3-5,9H,1-2H3;2*3-5H,1-2H3;;/q;;;;;+2/p-2. The summed E-state index contributed by atoms with van der Waals surface area (Å²) >= 11 is -6.12. The van der Waals surface area contributed by atoms with Crippen molar-refractivity contribution in [3.8, 4) is 11.5 Å². The van der Waals surface area contributed by atoms with E-state index in [2.05, 4.69) is 0 Å². The van der Waals surface area contributed by atoms with Crippen LogP contribution in [0.5, 0.6) is 11.5 Å². The van der Waals surface area contributed by atoms with Gasteiger partial charge in [-0.3, -0.25) is 0 Å². The fraction of sp³-hybridized carbons (Fsp3) is 0.250. The molecule has 186 valence electrons. The second kappa shape index (κ2) is 9.46. The van der Waals surface area contributed by atoms with E-state index in [1.807, 2.05) is 128 Å². The van der Waals surface area contributed by atoms with Crippen LogP contribution in [0.3, 0.4) is 0 Å². The second-order valence-corrected chi connectivity index (χ2v) is 15.4. The summed E-state index contributed by atoms with van der Waals surface area (Å²) in [4.78, 5) is 0. The molecule has 0 aliphatic heterocycles. The zero-order valence-corrected chi connectivity index (χ0v) is 24.2. The van der Waals surface area contributed by atoms with Crippen LogP contribution in [-0.4, -0.2) is 0 Å². The molecule has 0 heterocycles. The fourth-order valence-electron chi connectivity index (χ4n) is 5.63. The third kappa shape index (κ3) is 4.25. The van der Waals surface area contributed by atoms with Crippen molar-refractivity contribution < 1.29 is 26.0 Å². The molecule has 0 fully saturated rings. The molecule has 0 spiro atoms. The Kier molecular flexibility index (Phi) is 6.85. The molecule has 0 saturated heterocycles. The van der Waals surface area contributed by atoms with Gasteiger partial charge in [0.25, 0.3) is 0 Å². The van der Waals surface area contributed by atoms with Gasteiger partial charge in [0.05, 0.1) is 0 Å². The third-order valence-electron chi connectivity index (χ3n) is 7.22. The summed E-state index contributed by atoms with van der Waals surface area (Å²) in [7, 11) is 0. The summed E-state index contributed by atoms with van der Waals surface area (Å²) in [5, 5.41) is 0. The molecule has 0 saturated carbocycles. The van der Waals surface area contributed by atoms with Crippen molar-refractivity contribution in [1.29, 1.82) is 0 Å². The Morgan fingerprint density at radius 2 is 0.639 bits per heavy atom. The number of hydrogen-bond acceptors (Lipinski definition) is 3. The zero-order chi connectivity index (χ0) is 26.3. The van der Waals surface area contributed by atoms with Crippen LogP contribution in [0.1, 0.15) is 44.5 Å². The number of hydrogen-bond donors (Lipinski definition) is 0. The Balaban J connectivity index is 2.26. The molecule has 0 amide bonds. The van der Waals surface area contributed by atoms with Crippen molar-refractivity contribution in [2.24, 2.45) is 0 Å². The first-order chi connectivity index (χ1) is 17.0. The van der Waals surface area contributed by atoms with Crippen molar-refractivity contribution in [3.63, 3.8) is 0 Å². The van der Waals surface area contributed by atoms with Crippen molar-refractivity contribution in [1.82, 2.24) is 0 Å². The number of aryl methyl sites for hydroxylation is 8. The van der Waals surface area contributed by atoms with Gasteiger partial charge in [-0.15, -0.1) is 0 Å². The quantitative estimate of drug-likeness (QED) is 0.256. The Labute approximate surface area is 217 Å². The van der Waals surface area contributed by atoms with Crippen LogP contribution in [0.4, 0.5) is 0 Å². The van der Waals surface area contributed by atoms with Gasteiger partial charge in [0, 0.05) is 0 Å². The fourth-order valence-corrected chi connectivity index (χ4v) is 13.7. The average molecular weight is 517 g/mol. The van der Waals surface area contributed by atoms with Crippen molar-refractivity contribution >= 4 is 7.74 Å². The monoisotopic (exact) mass is 516 g/mol. The molecule has 0 unspecified atom stereocenters. The van der Waals surface area contributed by atoms with E-state index in [4.69, 9.17) is 6.64 Å². The normalized spacial score (nSPS) is 11.9. The summed E-state index contributed by atoms with van der Waals surface area (Å²) in [6.07, 6.45) is 0. The molecule has 0 aliphatic rings. The number of rotatable bonds is 6. The van der Waals surface area contributed by atoms with E-state index in [9.17, 15) is 0 Å². The Hall–Kier alpha value is -3.01. The Morgan fingerprint density at radius 3 is 0.889 bits per heavy atom. The molecule has 0 aromatic heterocycles. The van der Waals surface area contributed by atoms with E-state index < -0.39 is 16.1 Å². The van der Waals surface area contributed by atoms with Crippen molar-refractivity contribution in [3.05, 3.63) is 117 Å². The van der Waals surface area contributed by atoms with E-state index in [1.54, 1.807) is 0 Å². The first kappa shape index (κ1) is 26.1. The van der Waals surface area contributed by atoms with Gasteiger partial charge in [-0.05, 0) is 0 Å². The Bertz CT molecular complexity index is 1330. The predicted octanol–water partition coefficient (Wildman–Crippen LogP) is 7.13. The van der Waals surface area contributed by atoms with Crippen LogP contribution in [0, 0.1) is 55.4 Å². The first-order valence-corrected chi connectivity index (χ1v) is 16.0. The summed E-state index contributed by atoms with van der Waals surface area (Å²) in [5.41, 5.74) is 7.24. The predicted molar refractivity (Wildman–Crippen MR) is 145 cm³/mol. The van der Waals surface area contributed by atoms with E-state index in [0.717, 1.165) is 44.5 Å². The number of para-hydroxylation sites is 2. The Morgan fingerprint density at radius 1 is 0.417 bits per heavy atom. The third-order valence-corrected chi connectivity index (χ3v) is 14.2. The van der Waals surface area contributed by atoms with E-state index in [-0.39, 0.29) is 0 Å². The van der Waals surface area contributed by atoms with Crippen LogP contribution < -0.4 is 14.4 Å². The molecule has 4 aromatic carbocycles. The van der Waals surface area contributed by atoms with Gasteiger partial charge in [-0.25, -0.2) is 0 Å². The van der Waals surface area contributed by atoms with Gasteiger partial charge < -0.3 is 0 Å². The van der Waals surface area contributed by atoms with E-state index in [1.165, 1.54) is 0 Å². The van der Waals surface area contributed by atoms with Crippen molar-refractivity contribution in [2.45, 2.75) is 55.4 Å². The van der Waals surface area contributed by atoms with E-state index >= 15 is 3.32 Å². The zero-order valence-electron chi connectivity index (χ0n) is 22.7. The van der Waals surface area contributed by atoms with Crippen LogP contribution in [0.25, 0.3) is 0 Å². The number of benzene rings is 4. The average Bonchev–Trinajstić information content (AvgIpc) is 2.79. The summed E-state index contributed by atoms with van der Waals surface area (Å²) in [6, 6.07) is 23.9. The molecule has 36 heavy (non-hydrogen) atoms.